The average Bonchev–Trinajstić information content (AvgIpc) is 3.24. The maximum absolute atomic E-state index is 12.9. The average molecular weight is 850 g/mol. The molecule has 1 saturated heterocycles. The van der Waals surface area contributed by atoms with Gasteiger partial charge in [-0.05, 0) is 77.0 Å². The van der Waals surface area contributed by atoms with E-state index in [2.05, 4.69) is 55.6 Å². The van der Waals surface area contributed by atoms with Gasteiger partial charge in [-0.2, -0.15) is 0 Å². The van der Waals surface area contributed by atoms with E-state index in [9.17, 15) is 35.1 Å². The standard InChI is InChI=1S/C49H87NO10/c1-3-5-7-9-11-13-16-21-25-29-33-37-45(54)58-38-34-30-26-22-18-15-17-20-24-28-32-36-44(53)50-41(40-59-49-48(57)47(56)46(55)43(39-51)60-49)42(52)35-31-27-23-19-14-12-10-8-6-4-2/h6,8,14,18-19,22,31,35,41-43,46-49,51-52,55-57H,3-5,7,9-13,15-17,20-21,23-30,32-34,36-40H2,1-2H3,(H,50,53)/b8-6+,19-14+,22-18-,35-31+. The van der Waals surface area contributed by atoms with Crippen molar-refractivity contribution < 1.29 is 49.3 Å². The highest BCUT2D eigenvalue weighted by molar-refractivity contribution is 5.76. The summed E-state index contributed by atoms with van der Waals surface area (Å²) in [5.41, 5.74) is 0. The molecule has 7 unspecified atom stereocenters. The quantitative estimate of drug-likeness (QED) is 0.0199. The highest BCUT2D eigenvalue weighted by atomic mass is 16.7. The molecule has 0 aromatic rings. The summed E-state index contributed by atoms with van der Waals surface area (Å²) in [6.45, 7) is 4.06. The largest absolute Gasteiger partial charge is 0.466 e. The number of esters is 1. The molecule has 11 heteroatoms. The van der Waals surface area contributed by atoms with Crippen LogP contribution in [0.15, 0.2) is 48.6 Å². The van der Waals surface area contributed by atoms with Crippen molar-refractivity contribution >= 4 is 11.9 Å². The molecule has 11 nitrogen and oxygen atoms in total. The van der Waals surface area contributed by atoms with Crippen molar-refractivity contribution in [1.29, 1.82) is 0 Å². The van der Waals surface area contributed by atoms with Gasteiger partial charge in [0.1, 0.15) is 24.4 Å². The van der Waals surface area contributed by atoms with Crippen LogP contribution in [0.1, 0.15) is 187 Å². The van der Waals surface area contributed by atoms with Crippen LogP contribution in [-0.4, -0.2) is 100 Å². The lowest BCUT2D eigenvalue weighted by Crippen LogP contribution is -2.60. The van der Waals surface area contributed by atoms with Gasteiger partial charge in [0.05, 0.1) is 32.0 Å². The summed E-state index contributed by atoms with van der Waals surface area (Å²) >= 11 is 0. The van der Waals surface area contributed by atoms with Gasteiger partial charge in [-0.1, -0.05) is 146 Å². The molecule has 0 aromatic heterocycles. The molecule has 0 aliphatic carbocycles. The van der Waals surface area contributed by atoms with Gasteiger partial charge in [-0.3, -0.25) is 9.59 Å². The molecule has 0 spiro atoms. The molecule has 0 radical (unpaired) electrons. The summed E-state index contributed by atoms with van der Waals surface area (Å²) in [7, 11) is 0. The van der Waals surface area contributed by atoms with Crippen LogP contribution in [0.5, 0.6) is 0 Å². The van der Waals surface area contributed by atoms with Crippen molar-refractivity contribution in [3.05, 3.63) is 48.6 Å². The highest BCUT2D eigenvalue weighted by Gasteiger charge is 2.44. The summed E-state index contributed by atoms with van der Waals surface area (Å²) in [6.07, 6.45) is 36.3. The van der Waals surface area contributed by atoms with Crippen molar-refractivity contribution in [2.75, 3.05) is 19.8 Å². The molecule has 7 atom stereocenters. The van der Waals surface area contributed by atoms with Gasteiger partial charge in [0.25, 0.3) is 0 Å². The van der Waals surface area contributed by atoms with E-state index in [4.69, 9.17) is 14.2 Å². The van der Waals surface area contributed by atoms with Crippen molar-refractivity contribution in [2.45, 2.75) is 230 Å². The van der Waals surface area contributed by atoms with E-state index >= 15 is 0 Å². The molecule has 60 heavy (non-hydrogen) atoms. The van der Waals surface area contributed by atoms with E-state index in [1.54, 1.807) is 6.08 Å². The first-order valence-corrected chi connectivity index (χ1v) is 23.9. The number of hydrogen-bond acceptors (Lipinski definition) is 10. The number of allylic oxidation sites excluding steroid dienone is 7. The number of aliphatic hydroxyl groups excluding tert-OH is 5. The molecule has 348 valence electrons. The zero-order valence-electron chi connectivity index (χ0n) is 37.7. The third-order valence-corrected chi connectivity index (χ3v) is 10.9. The second kappa shape index (κ2) is 39.5. The van der Waals surface area contributed by atoms with Gasteiger partial charge < -0.3 is 45.1 Å². The normalized spacial score (nSPS) is 20.8. The predicted molar refractivity (Wildman–Crippen MR) is 241 cm³/mol. The van der Waals surface area contributed by atoms with Crippen molar-refractivity contribution in [1.82, 2.24) is 5.32 Å². The molecule has 0 aromatic carbocycles. The Bertz CT molecular complexity index is 1140. The fourth-order valence-electron chi connectivity index (χ4n) is 7.05. The van der Waals surface area contributed by atoms with Crippen LogP contribution >= 0.6 is 0 Å². The Morgan fingerprint density at radius 3 is 1.73 bits per heavy atom. The summed E-state index contributed by atoms with van der Waals surface area (Å²) in [5.74, 6) is -0.291. The van der Waals surface area contributed by atoms with Crippen LogP contribution in [0.3, 0.4) is 0 Å². The van der Waals surface area contributed by atoms with Crippen LogP contribution in [0.2, 0.25) is 0 Å². The number of amides is 1. The number of nitrogens with one attached hydrogen (secondary N) is 1. The zero-order chi connectivity index (χ0) is 43.9. The van der Waals surface area contributed by atoms with Gasteiger partial charge in [0.15, 0.2) is 6.29 Å². The summed E-state index contributed by atoms with van der Waals surface area (Å²) in [4.78, 5) is 24.9. The van der Waals surface area contributed by atoms with Crippen molar-refractivity contribution in [3.8, 4) is 0 Å². The fourth-order valence-corrected chi connectivity index (χ4v) is 7.05. The molecule has 1 heterocycles. The molecule has 0 saturated carbocycles. The van der Waals surface area contributed by atoms with E-state index in [1.807, 2.05) is 6.08 Å². The predicted octanol–water partition coefficient (Wildman–Crippen LogP) is 8.99. The molecule has 1 aliphatic heterocycles. The second-order valence-electron chi connectivity index (χ2n) is 16.4. The van der Waals surface area contributed by atoms with Crippen LogP contribution in [0.25, 0.3) is 0 Å². The Morgan fingerprint density at radius 2 is 1.13 bits per heavy atom. The molecule has 0 bridgehead atoms. The molecular formula is C49H87NO10. The first-order valence-electron chi connectivity index (χ1n) is 23.9. The molecular weight excluding hydrogens is 763 g/mol. The number of carbonyl (C=O) groups excluding carboxylic acids is 2. The highest BCUT2D eigenvalue weighted by Crippen LogP contribution is 2.22. The van der Waals surface area contributed by atoms with Crippen LogP contribution in [0.4, 0.5) is 0 Å². The number of carbonyl (C=O) groups is 2. The monoisotopic (exact) mass is 850 g/mol. The number of rotatable bonds is 39. The van der Waals surface area contributed by atoms with E-state index in [0.717, 1.165) is 89.9 Å². The van der Waals surface area contributed by atoms with Gasteiger partial charge in [0, 0.05) is 12.8 Å². The van der Waals surface area contributed by atoms with Crippen LogP contribution in [-0.2, 0) is 23.8 Å². The lowest BCUT2D eigenvalue weighted by molar-refractivity contribution is -0.302. The molecule has 1 fully saturated rings. The Kier molecular flexibility index (Phi) is 36.6. The molecule has 6 N–H and O–H groups in total. The number of hydrogen-bond donors (Lipinski definition) is 6. The van der Waals surface area contributed by atoms with Crippen LogP contribution < -0.4 is 5.32 Å². The first-order chi connectivity index (χ1) is 29.2. The minimum absolute atomic E-state index is 0.0612. The van der Waals surface area contributed by atoms with E-state index in [0.29, 0.717) is 32.3 Å². The minimum Gasteiger partial charge on any atom is -0.466 e. The smallest absolute Gasteiger partial charge is 0.305 e. The zero-order valence-corrected chi connectivity index (χ0v) is 37.7. The van der Waals surface area contributed by atoms with E-state index in [-0.39, 0.29) is 18.5 Å². The van der Waals surface area contributed by atoms with Gasteiger partial charge >= 0.3 is 5.97 Å². The van der Waals surface area contributed by atoms with Crippen molar-refractivity contribution in [2.24, 2.45) is 0 Å². The fraction of sp³-hybridized carbons (Fsp3) is 0.796. The van der Waals surface area contributed by atoms with Gasteiger partial charge in [0.2, 0.25) is 5.91 Å². The van der Waals surface area contributed by atoms with E-state index < -0.39 is 49.5 Å². The maximum Gasteiger partial charge on any atom is 0.305 e. The lowest BCUT2D eigenvalue weighted by Gasteiger charge is -2.40. The summed E-state index contributed by atoms with van der Waals surface area (Å²) in [6, 6.07) is -0.854. The van der Waals surface area contributed by atoms with Crippen LogP contribution in [0, 0.1) is 0 Å². The molecule has 1 rings (SSSR count). The number of ether oxygens (including phenoxy) is 3. The Morgan fingerprint density at radius 1 is 0.617 bits per heavy atom. The third kappa shape index (κ3) is 29.8. The van der Waals surface area contributed by atoms with E-state index in [1.165, 1.54) is 57.8 Å². The lowest BCUT2D eigenvalue weighted by atomic mass is 9.99. The SMILES string of the molecule is CC/C=C/CC/C=C/CC/C=C/C(O)C(COC1OC(CO)C(O)C(O)C1O)NC(=O)CCCCCCC/C=C\CCCCOC(=O)CCCCCCCCCCCCC. The minimum atomic E-state index is -1.59. The Labute approximate surface area is 364 Å². The summed E-state index contributed by atoms with van der Waals surface area (Å²) < 4.78 is 16.6. The second-order valence-corrected chi connectivity index (χ2v) is 16.4. The maximum atomic E-state index is 12.9. The number of aliphatic hydroxyl groups is 5. The third-order valence-electron chi connectivity index (χ3n) is 10.9. The molecule has 1 aliphatic rings. The topological polar surface area (TPSA) is 175 Å². The summed E-state index contributed by atoms with van der Waals surface area (Å²) in [5, 5.41) is 54.0. The van der Waals surface area contributed by atoms with Gasteiger partial charge in [-0.15, -0.1) is 0 Å². The Hall–Kier alpha value is -2.38. The molecule has 1 amide bonds. The number of unbranched alkanes of at least 4 members (excludes halogenated alkanes) is 19. The Balaban J connectivity index is 2.25. The first kappa shape index (κ1) is 55.6. The van der Waals surface area contributed by atoms with Crippen molar-refractivity contribution in [3.63, 3.8) is 0 Å². The van der Waals surface area contributed by atoms with Gasteiger partial charge in [-0.25, -0.2) is 0 Å².